The van der Waals surface area contributed by atoms with Gasteiger partial charge in [0.15, 0.2) is 0 Å². The van der Waals surface area contributed by atoms with Crippen LogP contribution in [0.4, 0.5) is 0 Å². The number of nitrogens with two attached hydrogens (primary N) is 1. The van der Waals surface area contributed by atoms with Crippen molar-refractivity contribution in [2.24, 2.45) is 5.14 Å². The lowest BCUT2D eigenvalue weighted by Gasteiger charge is -1.99. The molecule has 1 aromatic rings. The van der Waals surface area contributed by atoms with E-state index in [0.29, 0.717) is 13.0 Å². The van der Waals surface area contributed by atoms with Crippen LogP contribution in [0.15, 0.2) is 16.3 Å². The van der Waals surface area contributed by atoms with E-state index >= 15 is 0 Å². The van der Waals surface area contributed by atoms with Crippen molar-refractivity contribution in [2.75, 3.05) is 0 Å². The van der Waals surface area contributed by atoms with Gasteiger partial charge in [0.1, 0.15) is 4.21 Å². The Kier molecular flexibility index (Phi) is 3.83. The summed E-state index contributed by atoms with van der Waals surface area (Å²) >= 11 is 1.06. The van der Waals surface area contributed by atoms with Gasteiger partial charge in [0.2, 0.25) is 15.9 Å². The summed E-state index contributed by atoms with van der Waals surface area (Å²) in [7, 11) is -3.62. The van der Waals surface area contributed by atoms with Gasteiger partial charge in [0.05, 0.1) is 6.54 Å². The zero-order chi connectivity index (χ0) is 11.5. The number of carbonyl (C=O) groups excluding carboxylic acids is 1. The van der Waals surface area contributed by atoms with Gasteiger partial charge in [-0.1, -0.05) is 6.92 Å². The van der Waals surface area contributed by atoms with Crippen LogP contribution < -0.4 is 10.5 Å². The second kappa shape index (κ2) is 4.73. The van der Waals surface area contributed by atoms with Gasteiger partial charge in [0.25, 0.3) is 0 Å². The minimum absolute atomic E-state index is 0.0689. The molecule has 1 heterocycles. The van der Waals surface area contributed by atoms with Crippen LogP contribution in [0.5, 0.6) is 0 Å². The molecule has 0 atom stereocenters. The van der Waals surface area contributed by atoms with Gasteiger partial charge < -0.3 is 5.32 Å². The largest absolute Gasteiger partial charge is 0.351 e. The van der Waals surface area contributed by atoms with Gasteiger partial charge in [-0.15, -0.1) is 11.3 Å². The quantitative estimate of drug-likeness (QED) is 0.809. The monoisotopic (exact) mass is 248 g/mol. The van der Waals surface area contributed by atoms with E-state index in [-0.39, 0.29) is 10.1 Å². The third kappa shape index (κ3) is 3.61. The number of hydrogen-bond acceptors (Lipinski definition) is 4. The number of amides is 1. The van der Waals surface area contributed by atoms with Crippen molar-refractivity contribution in [3.8, 4) is 0 Å². The first-order chi connectivity index (χ1) is 6.93. The highest BCUT2D eigenvalue weighted by molar-refractivity contribution is 7.91. The molecule has 1 amide bonds. The summed E-state index contributed by atoms with van der Waals surface area (Å²) in [4.78, 5) is 11.7. The molecule has 1 aromatic heterocycles. The molecular weight excluding hydrogens is 236 g/mol. The van der Waals surface area contributed by atoms with Crippen LogP contribution >= 0.6 is 11.3 Å². The van der Waals surface area contributed by atoms with E-state index in [0.717, 1.165) is 16.2 Å². The maximum absolute atomic E-state index is 10.9. The van der Waals surface area contributed by atoms with Crippen LogP contribution in [-0.2, 0) is 21.4 Å². The lowest BCUT2D eigenvalue weighted by atomic mass is 10.4. The fourth-order valence-corrected chi connectivity index (χ4v) is 2.64. The Morgan fingerprint density at radius 1 is 1.53 bits per heavy atom. The Morgan fingerprint density at radius 2 is 2.20 bits per heavy atom. The Hall–Kier alpha value is -0.920. The van der Waals surface area contributed by atoms with Crippen LogP contribution in [0, 0.1) is 0 Å². The average Bonchev–Trinajstić information content (AvgIpc) is 2.61. The van der Waals surface area contributed by atoms with E-state index in [2.05, 4.69) is 5.32 Å². The zero-order valence-electron chi connectivity index (χ0n) is 8.19. The maximum atomic E-state index is 10.9. The third-order valence-electron chi connectivity index (χ3n) is 1.70. The first-order valence-corrected chi connectivity index (χ1v) is 6.68. The standard InChI is InChI=1S/C8H12N2O3S2/c1-2-7(11)10-5-6-3-4-8(14-6)15(9,12)13/h3-4H,2,5H2,1H3,(H,10,11)(H2,9,12,13). The number of rotatable bonds is 4. The van der Waals surface area contributed by atoms with E-state index in [1.165, 1.54) is 6.07 Å². The first-order valence-electron chi connectivity index (χ1n) is 4.31. The van der Waals surface area contributed by atoms with Gasteiger partial charge in [-0.05, 0) is 12.1 Å². The van der Waals surface area contributed by atoms with Crippen molar-refractivity contribution in [2.45, 2.75) is 24.1 Å². The molecule has 1 rings (SSSR count). The fraction of sp³-hybridized carbons (Fsp3) is 0.375. The Balaban J connectivity index is 2.66. The highest BCUT2D eigenvalue weighted by Gasteiger charge is 2.11. The van der Waals surface area contributed by atoms with Crippen molar-refractivity contribution < 1.29 is 13.2 Å². The van der Waals surface area contributed by atoms with E-state index in [1.54, 1.807) is 13.0 Å². The van der Waals surface area contributed by atoms with Crippen LogP contribution in [0.3, 0.4) is 0 Å². The molecule has 0 bridgehead atoms. The van der Waals surface area contributed by atoms with Gasteiger partial charge in [-0.3, -0.25) is 4.79 Å². The SMILES string of the molecule is CCC(=O)NCc1ccc(S(N)(=O)=O)s1. The van der Waals surface area contributed by atoms with Crippen molar-refractivity contribution in [1.29, 1.82) is 0 Å². The molecule has 0 fully saturated rings. The Bertz CT molecular complexity index is 450. The predicted molar refractivity (Wildman–Crippen MR) is 57.8 cm³/mol. The lowest BCUT2D eigenvalue weighted by Crippen LogP contribution is -2.20. The molecule has 0 radical (unpaired) electrons. The smallest absolute Gasteiger partial charge is 0.247 e. The minimum atomic E-state index is -3.62. The van der Waals surface area contributed by atoms with E-state index in [1.807, 2.05) is 0 Å². The van der Waals surface area contributed by atoms with Crippen LogP contribution in [0.1, 0.15) is 18.2 Å². The number of sulfonamides is 1. The summed E-state index contributed by atoms with van der Waals surface area (Å²) in [5, 5.41) is 7.60. The van der Waals surface area contributed by atoms with Crippen LogP contribution in [0.25, 0.3) is 0 Å². The van der Waals surface area contributed by atoms with Gasteiger partial charge in [0, 0.05) is 11.3 Å². The van der Waals surface area contributed by atoms with Crippen molar-refractivity contribution in [3.63, 3.8) is 0 Å². The normalized spacial score (nSPS) is 11.3. The van der Waals surface area contributed by atoms with E-state index in [9.17, 15) is 13.2 Å². The number of hydrogen-bond donors (Lipinski definition) is 2. The molecule has 0 saturated heterocycles. The maximum Gasteiger partial charge on any atom is 0.247 e. The molecule has 7 heteroatoms. The van der Waals surface area contributed by atoms with Crippen LogP contribution in [-0.4, -0.2) is 14.3 Å². The fourth-order valence-electron chi connectivity index (χ4n) is 0.917. The first kappa shape index (κ1) is 12.2. The summed E-state index contributed by atoms with van der Waals surface area (Å²) < 4.78 is 22.0. The molecule has 0 aliphatic rings. The topological polar surface area (TPSA) is 89.3 Å². The summed E-state index contributed by atoms with van der Waals surface area (Å²) in [6.07, 6.45) is 0.410. The molecule has 0 saturated carbocycles. The Morgan fingerprint density at radius 3 is 2.67 bits per heavy atom. The molecule has 84 valence electrons. The molecule has 0 aliphatic heterocycles. The second-order valence-corrected chi connectivity index (χ2v) is 5.85. The highest BCUT2D eigenvalue weighted by Crippen LogP contribution is 2.19. The predicted octanol–water partition coefficient (Wildman–Crippen LogP) is 0.422. The minimum Gasteiger partial charge on any atom is -0.351 e. The molecule has 0 aromatic carbocycles. The van der Waals surface area contributed by atoms with Crippen molar-refractivity contribution >= 4 is 27.3 Å². The summed E-state index contributed by atoms with van der Waals surface area (Å²) in [6, 6.07) is 3.08. The zero-order valence-corrected chi connectivity index (χ0v) is 9.82. The molecule has 15 heavy (non-hydrogen) atoms. The Labute approximate surface area is 92.3 Å². The summed E-state index contributed by atoms with van der Waals surface area (Å²) in [6.45, 7) is 2.09. The molecule has 0 aliphatic carbocycles. The summed E-state index contributed by atoms with van der Waals surface area (Å²) in [5.41, 5.74) is 0. The number of nitrogens with one attached hydrogen (secondary N) is 1. The van der Waals surface area contributed by atoms with Crippen LogP contribution in [0.2, 0.25) is 0 Å². The number of primary sulfonamides is 1. The van der Waals surface area contributed by atoms with Crippen molar-refractivity contribution in [3.05, 3.63) is 17.0 Å². The highest BCUT2D eigenvalue weighted by atomic mass is 32.2. The number of carbonyl (C=O) groups is 1. The van der Waals surface area contributed by atoms with Crippen molar-refractivity contribution in [1.82, 2.24) is 5.32 Å². The van der Waals surface area contributed by atoms with Gasteiger partial charge >= 0.3 is 0 Å². The van der Waals surface area contributed by atoms with Gasteiger partial charge in [-0.2, -0.15) is 0 Å². The lowest BCUT2D eigenvalue weighted by molar-refractivity contribution is -0.120. The molecule has 5 nitrogen and oxygen atoms in total. The number of thiophene rings is 1. The molecular formula is C8H12N2O3S2. The van der Waals surface area contributed by atoms with E-state index < -0.39 is 10.0 Å². The van der Waals surface area contributed by atoms with E-state index in [4.69, 9.17) is 5.14 Å². The molecule has 0 unspecified atom stereocenters. The average molecular weight is 248 g/mol. The molecule has 0 spiro atoms. The molecule has 3 N–H and O–H groups in total. The third-order valence-corrected chi connectivity index (χ3v) is 4.22. The second-order valence-electron chi connectivity index (χ2n) is 2.90. The van der Waals surface area contributed by atoms with Gasteiger partial charge in [-0.25, -0.2) is 13.6 Å². The summed E-state index contributed by atoms with van der Waals surface area (Å²) in [5.74, 6) is -0.0689.